The van der Waals surface area contributed by atoms with Gasteiger partial charge in [0.2, 0.25) is 11.8 Å². The molecule has 0 aromatic carbocycles. The molecule has 0 N–H and O–H groups in total. The Kier molecular flexibility index (Phi) is 2.80. The highest BCUT2D eigenvalue weighted by Crippen LogP contribution is 2.31. The monoisotopic (exact) mass is 288 g/mol. The number of nitrogens with zero attached hydrogens (tertiary/aromatic N) is 4. The number of aryl methyl sites for hydroxylation is 2. The molecule has 2 amide bonds. The van der Waals surface area contributed by atoms with Crippen LogP contribution in [0.5, 0.6) is 0 Å². The molecule has 4 rings (SSSR count). The van der Waals surface area contributed by atoms with E-state index in [2.05, 4.69) is 5.10 Å². The summed E-state index contributed by atoms with van der Waals surface area (Å²) in [7, 11) is 1.93. The van der Waals surface area contributed by atoms with Crippen molar-refractivity contribution in [1.29, 1.82) is 0 Å². The Balaban J connectivity index is 1.46. The number of carbonyl (C=O) groups is 2. The number of hydrogen-bond donors (Lipinski definition) is 0. The van der Waals surface area contributed by atoms with Gasteiger partial charge in [-0.15, -0.1) is 0 Å². The summed E-state index contributed by atoms with van der Waals surface area (Å²) in [5.74, 6) is 0.251. The molecule has 2 aliphatic carbocycles. The first-order chi connectivity index (χ1) is 10.1. The Morgan fingerprint density at radius 1 is 1.33 bits per heavy atom. The normalized spacial score (nSPS) is 25.4. The first-order valence-electron chi connectivity index (χ1n) is 7.71. The minimum atomic E-state index is -0.000136. The maximum atomic E-state index is 12.7. The first kappa shape index (κ1) is 12.9. The zero-order valence-corrected chi connectivity index (χ0v) is 12.3. The molecule has 2 heterocycles. The van der Waals surface area contributed by atoms with Gasteiger partial charge in [-0.1, -0.05) is 0 Å². The van der Waals surface area contributed by atoms with Gasteiger partial charge in [0.1, 0.15) is 6.54 Å². The van der Waals surface area contributed by atoms with Gasteiger partial charge >= 0.3 is 0 Å². The molecule has 1 atom stereocenters. The summed E-state index contributed by atoms with van der Waals surface area (Å²) in [6.45, 7) is 0.765. The third-order valence-electron chi connectivity index (χ3n) is 4.97. The van der Waals surface area contributed by atoms with Crippen LogP contribution in [0.25, 0.3) is 0 Å². The molecule has 3 aliphatic rings. The molecule has 1 aromatic rings. The van der Waals surface area contributed by atoms with Crippen molar-refractivity contribution in [3.8, 4) is 0 Å². The van der Waals surface area contributed by atoms with Crippen molar-refractivity contribution in [2.75, 3.05) is 13.2 Å². The van der Waals surface area contributed by atoms with E-state index in [0.717, 1.165) is 32.1 Å². The molecular weight excluding hydrogens is 268 g/mol. The van der Waals surface area contributed by atoms with Gasteiger partial charge in [0.25, 0.3) is 0 Å². The van der Waals surface area contributed by atoms with Crippen molar-refractivity contribution in [3.63, 3.8) is 0 Å². The smallest absolute Gasteiger partial charge is 0.243 e. The Morgan fingerprint density at radius 2 is 2.14 bits per heavy atom. The van der Waals surface area contributed by atoms with E-state index in [1.807, 2.05) is 22.8 Å². The fraction of sp³-hybridized carbons (Fsp3) is 0.667. The van der Waals surface area contributed by atoms with E-state index in [0.29, 0.717) is 12.7 Å². The van der Waals surface area contributed by atoms with Crippen LogP contribution in [-0.4, -0.2) is 50.6 Å². The summed E-state index contributed by atoms with van der Waals surface area (Å²) in [6.07, 6.45) is 6.62. The topological polar surface area (TPSA) is 58.4 Å². The van der Waals surface area contributed by atoms with Gasteiger partial charge in [0, 0.05) is 31.1 Å². The standard InChI is InChI=1S/C15H20N4O2/c1-17-13-6-10(2-3-11(13)7-16-17)15(21)18-8-14(20)19(9-18)12-4-5-12/h7,10,12H,2-6,8-9H2,1H3. The predicted molar refractivity (Wildman–Crippen MR) is 75.2 cm³/mol. The average Bonchev–Trinajstić information content (AvgIpc) is 3.17. The van der Waals surface area contributed by atoms with Gasteiger partial charge in [-0.05, 0) is 31.2 Å². The highest BCUT2D eigenvalue weighted by molar-refractivity contribution is 5.89. The molecule has 0 spiro atoms. The number of aromatic nitrogens is 2. The minimum Gasteiger partial charge on any atom is -0.320 e. The predicted octanol–water partition coefficient (Wildman–Crippen LogP) is 0.316. The maximum Gasteiger partial charge on any atom is 0.243 e. The van der Waals surface area contributed by atoms with E-state index in [-0.39, 0.29) is 24.3 Å². The highest BCUT2D eigenvalue weighted by atomic mass is 16.2. The third kappa shape index (κ3) is 2.13. The van der Waals surface area contributed by atoms with Crippen molar-refractivity contribution < 1.29 is 9.59 Å². The van der Waals surface area contributed by atoms with Crippen LogP contribution in [0.3, 0.4) is 0 Å². The molecule has 0 radical (unpaired) electrons. The number of hydrogen-bond acceptors (Lipinski definition) is 3. The van der Waals surface area contributed by atoms with Gasteiger partial charge in [-0.2, -0.15) is 5.10 Å². The summed E-state index contributed by atoms with van der Waals surface area (Å²) in [5.41, 5.74) is 2.43. The second kappa shape index (κ2) is 4.58. The largest absolute Gasteiger partial charge is 0.320 e. The van der Waals surface area contributed by atoms with E-state index in [9.17, 15) is 9.59 Å². The lowest BCUT2D eigenvalue weighted by atomic mass is 9.87. The second-order valence-electron chi connectivity index (χ2n) is 6.45. The molecule has 21 heavy (non-hydrogen) atoms. The fourth-order valence-corrected chi connectivity index (χ4v) is 3.53. The van der Waals surface area contributed by atoms with Crippen molar-refractivity contribution in [2.45, 2.75) is 38.1 Å². The molecule has 1 aromatic heterocycles. The van der Waals surface area contributed by atoms with Gasteiger partial charge < -0.3 is 9.80 Å². The molecule has 1 saturated heterocycles. The van der Waals surface area contributed by atoms with Gasteiger partial charge in [0.15, 0.2) is 0 Å². The molecule has 6 nitrogen and oxygen atoms in total. The Hall–Kier alpha value is -1.85. The molecule has 1 aliphatic heterocycles. The molecule has 1 unspecified atom stereocenters. The quantitative estimate of drug-likeness (QED) is 0.787. The van der Waals surface area contributed by atoms with E-state index in [4.69, 9.17) is 0 Å². The summed E-state index contributed by atoms with van der Waals surface area (Å²) < 4.78 is 1.88. The van der Waals surface area contributed by atoms with Crippen LogP contribution in [0.2, 0.25) is 0 Å². The zero-order chi connectivity index (χ0) is 14.6. The van der Waals surface area contributed by atoms with Crippen LogP contribution in [0, 0.1) is 5.92 Å². The van der Waals surface area contributed by atoms with Crippen LogP contribution in [0.1, 0.15) is 30.5 Å². The molecule has 0 bridgehead atoms. The minimum absolute atomic E-state index is 0.000136. The Bertz CT molecular complexity index is 605. The molecular formula is C15H20N4O2. The van der Waals surface area contributed by atoms with Crippen molar-refractivity contribution in [3.05, 3.63) is 17.5 Å². The molecule has 6 heteroatoms. The molecule has 112 valence electrons. The molecule has 1 saturated carbocycles. The number of fused-ring (bicyclic) bond motifs is 1. The highest BCUT2D eigenvalue weighted by Gasteiger charge is 2.41. The fourth-order valence-electron chi connectivity index (χ4n) is 3.53. The first-order valence-corrected chi connectivity index (χ1v) is 7.71. The summed E-state index contributed by atoms with van der Waals surface area (Å²) in [6, 6.07) is 0.394. The van der Waals surface area contributed by atoms with Crippen LogP contribution in [0.15, 0.2) is 6.20 Å². The van der Waals surface area contributed by atoms with Crippen LogP contribution in [-0.2, 0) is 29.5 Å². The molecule has 2 fully saturated rings. The lowest BCUT2D eigenvalue weighted by molar-refractivity contribution is -0.136. The summed E-state index contributed by atoms with van der Waals surface area (Å²) in [4.78, 5) is 28.3. The van der Waals surface area contributed by atoms with E-state index < -0.39 is 0 Å². The van der Waals surface area contributed by atoms with Crippen molar-refractivity contribution >= 4 is 11.8 Å². The van der Waals surface area contributed by atoms with E-state index in [1.54, 1.807) is 4.90 Å². The lowest BCUT2D eigenvalue weighted by Gasteiger charge is -2.26. The summed E-state index contributed by atoms with van der Waals surface area (Å²) >= 11 is 0. The Morgan fingerprint density at radius 3 is 2.90 bits per heavy atom. The summed E-state index contributed by atoms with van der Waals surface area (Å²) in [5, 5.41) is 4.27. The van der Waals surface area contributed by atoms with Crippen LogP contribution < -0.4 is 0 Å². The van der Waals surface area contributed by atoms with Gasteiger partial charge in [0.05, 0.1) is 12.9 Å². The SMILES string of the molecule is Cn1ncc2c1CC(C(=O)N1CC(=O)N(C3CC3)C1)CC2. The maximum absolute atomic E-state index is 12.7. The van der Waals surface area contributed by atoms with Crippen LogP contribution in [0.4, 0.5) is 0 Å². The lowest BCUT2D eigenvalue weighted by Crippen LogP contribution is -2.38. The second-order valence-corrected chi connectivity index (χ2v) is 6.45. The zero-order valence-electron chi connectivity index (χ0n) is 12.3. The van der Waals surface area contributed by atoms with Gasteiger partial charge in [-0.25, -0.2) is 0 Å². The van der Waals surface area contributed by atoms with Gasteiger partial charge in [-0.3, -0.25) is 14.3 Å². The number of amides is 2. The van der Waals surface area contributed by atoms with Crippen LogP contribution >= 0.6 is 0 Å². The van der Waals surface area contributed by atoms with Crippen molar-refractivity contribution in [2.24, 2.45) is 13.0 Å². The number of rotatable bonds is 2. The average molecular weight is 288 g/mol. The number of carbonyl (C=O) groups excluding carboxylic acids is 2. The van der Waals surface area contributed by atoms with E-state index in [1.165, 1.54) is 11.3 Å². The Labute approximate surface area is 123 Å². The van der Waals surface area contributed by atoms with Crippen molar-refractivity contribution in [1.82, 2.24) is 19.6 Å². The third-order valence-corrected chi connectivity index (χ3v) is 4.97. The van der Waals surface area contributed by atoms with E-state index >= 15 is 0 Å².